The van der Waals surface area contributed by atoms with E-state index in [1.807, 2.05) is 9.80 Å². The normalized spacial score (nSPS) is 19.7. The molecule has 2 amide bonds. The van der Waals surface area contributed by atoms with Gasteiger partial charge >= 0.3 is 6.09 Å². The van der Waals surface area contributed by atoms with Crippen LogP contribution in [0.5, 0.6) is 0 Å². The first kappa shape index (κ1) is 19.1. The van der Waals surface area contributed by atoms with Gasteiger partial charge in [-0.15, -0.1) is 11.3 Å². The molecule has 0 radical (unpaired) electrons. The molecule has 0 saturated carbocycles. The molecule has 2 aliphatic rings. The summed E-state index contributed by atoms with van der Waals surface area (Å²) in [5, 5.41) is 1.78. The number of aromatic nitrogens is 1. The summed E-state index contributed by atoms with van der Waals surface area (Å²) >= 11 is 1.42. The van der Waals surface area contributed by atoms with Crippen molar-refractivity contribution in [2.24, 2.45) is 5.92 Å². The molecule has 1 aromatic heterocycles. The van der Waals surface area contributed by atoms with Crippen LogP contribution in [0.25, 0.3) is 0 Å². The third-order valence-corrected chi connectivity index (χ3v) is 5.67. The number of rotatable bonds is 6. The van der Waals surface area contributed by atoms with Crippen LogP contribution in [0.3, 0.4) is 0 Å². The van der Waals surface area contributed by atoms with Gasteiger partial charge in [0, 0.05) is 50.9 Å². The van der Waals surface area contributed by atoms with Crippen molar-refractivity contribution >= 4 is 23.3 Å². The fourth-order valence-electron chi connectivity index (χ4n) is 3.73. The average Bonchev–Trinajstić information content (AvgIpc) is 3.21. The largest absolute Gasteiger partial charge is 0.441 e. The van der Waals surface area contributed by atoms with Gasteiger partial charge in [-0.3, -0.25) is 4.79 Å². The molecule has 0 N–H and O–H groups in total. The second kappa shape index (κ2) is 7.92. The number of ether oxygens (including phenoxy) is 1. The summed E-state index contributed by atoms with van der Waals surface area (Å²) in [7, 11) is 2.08. The summed E-state index contributed by atoms with van der Waals surface area (Å²) in [4.78, 5) is 34.7. The fourth-order valence-corrected chi connectivity index (χ4v) is 4.25. The topological polar surface area (TPSA) is 66.0 Å². The second-order valence-corrected chi connectivity index (χ2v) is 8.51. The van der Waals surface area contributed by atoms with Crippen LogP contribution in [-0.2, 0) is 4.74 Å². The highest BCUT2D eigenvalue weighted by Gasteiger charge is 2.47. The molecule has 0 aliphatic carbocycles. The fraction of sp³-hybridized carbons (Fsp3) is 0.722. The van der Waals surface area contributed by atoms with Crippen molar-refractivity contribution in [2.45, 2.75) is 32.3 Å². The lowest BCUT2D eigenvalue weighted by Gasteiger charge is -2.37. The zero-order valence-corrected chi connectivity index (χ0v) is 16.6. The number of nitrogens with zero attached hydrogens (tertiary/aromatic N) is 4. The molecule has 0 aromatic carbocycles. The Morgan fingerprint density at radius 3 is 2.77 bits per heavy atom. The molecule has 3 rings (SSSR count). The highest BCUT2D eigenvalue weighted by molar-refractivity contribution is 7.07. The predicted octanol–water partition coefficient (Wildman–Crippen LogP) is 2.16. The number of hydrogen-bond donors (Lipinski definition) is 0. The van der Waals surface area contributed by atoms with Gasteiger partial charge in [0.05, 0.1) is 12.1 Å². The smallest absolute Gasteiger partial charge is 0.410 e. The Morgan fingerprint density at radius 1 is 1.42 bits per heavy atom. The molecule has 0 bridgehead atoms. The maximum atomic E-state index is 12.4. The number of amides is 2. The van der Waals surface area contributed by atoms with Crippen LogP contribution in [0.2, 0.25) is 0 Å². The van der Waals surface area contributed by atoms with E-state index in [4.69, 9.17) is 4.74 Å². The summed E-state index contributed by atoms with van der Waals surface area (Å²) in [6.07, 6.45) is 1.15. The minimum absolute atomic E-state index is 0.0300. The molecule has 2 saturated heterocycles. The minimum Gasteiger partial charge on any atom is -0.441 e. The Kier molecular flexibility index (Phi) is 5.82. The molecule has 2 aliphatic heterocycles. The van der Waals surface area contributed by atoms with Crippen LogP contribution in [-0.4, -0.2) is 83.6 Å². The lowest BCUT2D eigenvalue weighted by Crippen LogP contribution is -2.49. The van der Waals surface area contributed by atoms with Crippen LogP contribution in [0, 0.1) is 5.92 Å². The summed E-state index contributed by atoms with van der Waals surface area (Å²) in [5.41, 5.74) is 1.74. The highest BCUT2D eigenvalue weighted by atomic mass is 32.1. The number of carbonyl (C=O) groups excluding carboxylic acids is 2. The zero-order chi connectivity index (χ0) is 18.7. The van der Waals surface area contributed by atoms with E-state index in [2.05, 4.69) is 30.8 Å². The third-order valence-electron chi connectivity index (χ3n) is 5.08. The van der Waals surface area contributed by atoms with Crippen molar-refractivity contribution in [1.82, 2.24) is 19.7 Å². The molecule has 2 fully saturated rings. The molecule has 0 atom stereocenters. The number of hydrogen-bond acceptors (Lipinski definition) is 6. The van der Waals surface area contributed by atoms with Gasteiger partial charge in [-0.2, -0.15) is 0 Å². The number of thiazole rings is 1. The van der Waals surface area contributed by atoms with E-state index in [0.29, 0.717) is 50.6 Å². The van der Waals surface area contributed by atoms with Gasteiger partial charge in [0.25, 0.3) is 5.91 Å². The molecule has 144 valence electrons. The first-order valence-electron chi connectivity index (χ1n) is 9.22. The lowest BCUT2D eigenvalue weighted by molar-refractivity contribution is 0.00298. The van der Waals surface area contributed by atoms with E-state index in [0.717, 1.165) is 13.1 Å². The van der Waals surface area contributed by atoms with E-state index in [9.17, 15) is 9.59 Å². The van der Waals surface area contributed by atoms with Gasteiger partial charge in [-0.05, 0) is 13.0 Å². The van der Waals surface area contributed by atoms with Crippen LogP contribution in [0.4, 0.5) is 4.79 Å². The zero-order valence-electron chi connectivity index (χ0n) is 15.8. The summed E-state index contributed by atoms with van der Waals surface area (Å²) in [6.45, 7) is 8.76. The van der Waals surface area contributed by atoms with Gasteiger partial charge in [0.2, 0.25) is 0 Å². The van der Waals surface area contributed by atoms with Crippen molar-refractivity contribution in [3.05, 3.63) is 16.6 Å². The van der Waals surface area contributed by atoms with E-state index >= 15 is 0 Å². The molecular weight excluding hydrogens is 352 g/mol. The Hall–Kier alpha value is -1.67. The Bertz CT molecular complexity index is 626. The molecule has 3 heterocycles. The van der Waals surface area contributed by atoms with Crippen LogP contribution >= 0.6 is 11.3 Å². The average molecular weight is 381 g/mol. The van der Waals surface area contributed by atoms with Crippen LogP contribution in [0.15, 0.2) is 10.9 Å². The number of likely N-dealkylation sites (tertiary alicyclic amines) is 1. The van der Waals surface area contributed by atoms with Crippen molar-refractivity contribution in [3.63, 3.8) is 0 Å². The van der Waals surface area contributed by atoms with E-state index in [1.165, 1.54) is 11.3 Å². The third kappa shape index (κ3) is 4.35. The quantitative estimate of drug-likeness (QED) is 0.757. The van der Waals surface area contributed by atoms with E-state index in [1.54, 1.807) is 10.9 Å². The summed E-state index contributed by atoms with van der Waals surface area (Å²) < 4.78 is 5.75. The van der Waals surface area contributed by atoms with E-state index in [-0.39, 0.29) is 12.0 Å². The molecule has 26 heavy (non-hydrogen) atoms. The standard InChI is InChI=1S/C18H28N4O3S/c1-14(2)10-20(3)8-9-22-12-18(25-17(22)24)4-6-21(7-5-18)16(23)15-11-26-13-19-15/h11,13-14H,4-10,12H2,1-3H3. The maximum Gasteiger partial charge on any atom is 0.410 e. The van der Waals surface area contributed by atoms with Crippen molar-refractivity contribution in [2.75, 3.05) is 46.3 Å². The molecular formula is C18H28N4O3S. The van der Waals surface area contributed by atoms with Crippen LogP contribution in [0.1, 0.15) is 37.2 Å². The van der Waals surface area contributed by atoms with Crippen LogP contribution < -0.4 is 0 Å². The van der Waals surface area contributed by atoms with Gasteiger partial charge in [0.1, 0.15) is 11.3 Å². The highest BCUT2D eigenvalue weighted by Crippen LogP contribution is 2.33. The number of likely N-dealkylation sites (N-methyl/N-ethyl adjacent to an activating group) is 1. The molecule has 1 spiro atoms. The summed E-state index contributed by atoms with van der Waals surface area (Å²) in [6, 6.07) is 0. The van der Waals surface area contributed by atoms with Gasteiger partial charge in [0.15, 0.2) is 0 Å². The van der Waals surface area contributed by atoms with E-state index < -0.39 is 5.60 Å². The first-order chi connectivity index (χ1) is 12.4. The SMILES string of the molecule is CC(C)CN(C)CCN1CC2(CCN(C(=O)c3cscn3)CC2)OC1=O. The number of carbonyl (C=O) groups is 2. The lowest BCUT2D eigenvalue weighted by atomic mass is 9.91. The molecule has 7 nitrogen and oxygen atoms in total. The van der Waals surface area contributed by atoms with Gasteiger partial charge in [-0.1, -0.05) is 13.8 Å². The Morgan fingerprint density at radius 2 is 2.15 bits per heavy atom. The predicted molar refractivity (Wildman–Crippen MR) is 100 cm³/mol. The Labute approximate surface area is 158 Å². The first-order valence-corrected chi connectivity index (χ1v) is 10.2. The molecule has 1 aromatic rings. The van der Waals surface area contributed by atoms with Gasteiger partial charge < -0.3 is 19.4 Å². The molecule has 0 unspecified atom stereocenters. The second-order valence-electron chi connectivity index (χ2n) is 7.79. The van der Waals surface area contributed by atoms with Crippen molar-refractivity contribution < 1.29 is 14.3 Å². The monoisotopic (exact) mass is 380 g/mol. The minimum atomic E-state index is -0.438. The van der Waals surface area contributed by atoms with Gasteiger partial charge in [-0.25, -0.2) is 9.78 Å². The number of piperidine rings is 1. The summed E-state index contributed by atoms with van der Waals surface area (Å²) in [5.74, 6) is 0.578. The Balaban J connectivity index is 1.50. The van der Waals surface area contributed by atoms with Crippen molar-refractivity contribution in [3.8, 4) is 0 Å². The van der Waals surface area contributed by atoms with Crippen molar-refractivity contribution in [1.29, 1.82) is 0 Å². The molecule has 8 heteroatoms. The maximum absolute atomic E-state index is 12.4.